The Kier molecular flexibility index (Phi) is 39.4. The van der Waals surface area contributed by atoms with Crippen LogP contribution in [0.25, 0.3) is 10.9 Å². The number of aromatic hydroxyl groups is 1. The summed E-state index contributed by atoms with van der Waals surface area (Å²) in [6, 6.07) is 9.10. The van der Waals surface area contributed by atoms with Crippen LogP contribution in [0, 0.1) is 29.3 Å². The van der Waals surface area contributed by atoms with Gasteiger partial charge in [0.2, 0.25) is 88.6 Å². The number of carboxylic acid groups (broad SMARTS) is 1. The molecule has 37 nitrogen and oxygen atoms in total. The number of benzene rings is 5. The number of rotatable bonds is 25. The fourth-order valence-electron chi connectivity index (χ4n) is 16.4. The van der Waals surface area contributed by atoms with E-state index >= 15 is 56.7 Å². The molecular formula is C94H121F3N16O21S. The molecular weight excluding hydrogens is 1780 g/mol. The van der Waals surface area contributed by atoms with E-state index in [1.54, 1.807) is 112 Å². The number of nitrogens with one attached hydrogen (secondary N) is 10. The highest BCUT2D eigenvalue weighted by Gasteiger charge is 2.48. The number of unbranched alkanes of at least 4 members (excludes halogenated alkanes) is 1. The number of aryl methyl sites for hydroxylation is 1. The Hall–Kier alpha value is -13.0. The van der Waals surface area contributed by atoms with E-state index in [9.17, 15) is 48.5 Å². The molecule has 4 heterocycles. The molecule has 3 saturated heterocycles. The predicted molar refractivity (Wildman–Crippen MR) is 488 cm³/mol. The van der Waals surface area contributed by atoms with E-state index in [0.717, 1.165) is 24.5 Å². The molecule has 9 rings (SSSR count). The van der Waals surface area contributed by atoms with Crippen LogP contribution in [0.3, 0.4) is 0 Å². The molecule has 3 aliphatic rings. The number of carbonyl (C=O) groups excluding carboxylic acids is 15. The molecule has 135 heavy (non-hydrogen) atoms. The number of carboxylic acids is 1. The molecule has 0 spiro atoms. The Balaban J connectivity index is 1.14. The zero-order chi connectivity index (χ0) is 98.6. The number of aromatic nitrogens is 1. The maximum Gasteiger partial charge on any atom is 0.305 e. The second-order valence-corrected chi connectivity index (χ2v) is 35.7. The quantitative estimate of drug-likeness (QED) is 0.0361. The van der Waals surface area contributed by atoms with Gasteiger partial charge in [-0.05, 0) is 102 Å². The summed E-state index contributed by atoms with van der Waals surface area (Å²) in [4.78, 5) is 246. The minimum Gasteiger partial charge on any atom is -0.508 e. The number of nitrogens with zero attached hydrogens (tertiary/aromatic N) is 5. The fourth-order valence-corrected chi connectivity index (χ4v) is 17.3. The van der Waals surface area contributed by atoms with Crippen molar-refractivity contribution in [3.8, 4) is 5.75 Å². The van der Waals surface area contributed by atoms with Crippen molar-refractivity contribution in [1.82, 2.24) is 77.3 Å². The number of phenols is 1. The van der Waals surface area contributed by atoms with Crippen molar-refractivity contribution < 1.29 is 115 Å². The van der Waals surface area contributed by atoms with Crippen molar-refractivity contribution >= 4 is 117 Å². The van der Waals surface area contributed by atoms with E-state index in [-0.39, 0.29) is 88.9 Å². The monoisotopic (exact) mass is 1900 g/mol. The average molecular weight is 1900 g/mol. The van der Waals surface area contributed by atoms with Crippen LogP contribution in [0.5, 0.6) is 5.75 Å². The number of phenolic OH excluding ortho intramolecular Hbond substituents is 1. The Morgan fingerprint density at radius 2 is 1.14 bits per heavy atom. The molecule has 0 radical (unpaired) electrons. The number of aliphatic carboxylic acids is 1. The summed E-state index contributed by atoms with van der Waals surface area (Å²) in [5.41, 5.74) is 7.68. The number of primary amides is 1. The third-order valence-corrected chi connectivity index (χ3v) is 24.8. The van der Waals surface area contributed by atoms with Gasteiger partial charge < -0.3 is 108 Å². The average Bonchev–Trinajstić information content (AvgIpc) is 1.75. The number of carbonyl (C=O) groups is 16. The molecule has 15 amide bonds. The van der Waals surface area contributed by atoms with Crippen LogP contribution in [-0.4, -0.2) is 303 Å². The molecule has 0 saturated carbocycles. The number of methoxy groups -OCH3 is 1. The highest BCUT2D eigenvalue weighted by molar-refractivity contribution is 8.00. The first-order valence-corrected chi connectivity index (χ1v) is 45.9. The molecule has 0 aliphatic carbocycles. The standard InChI is InChI=1S/C94H121F3N16O21S/c1-10-11-26-72-93(131)113-48-60(115)44-75(113)88(126)106-69(45-79(118)119)86(124)108-81(53(4)5)94(132)111(8)74(42-55-22-16-13-17-23-55)87(125)102-65(33-35-133-9)91(129)112-34-36-134-49-76(112)89(127)105-68(43-58-46-99-64-25-19-18-24-61(58)64)85(123)104-67(40-56-27-30-59(114)31-28-56)84(122)103-66(37-52(2)3)83(121)107-71(82(120)100-47-77(98)116)50-135-51-78(117)101-70(41-57-38-62(95)80(97)63(96)39-57)90(128)109(6)73(92(130)110(72)7)32-29-54-20-14-12-15-21-54/h12-25,27-28,30-31,38-39,46,52-53,60,65-76,81,99,114-115H,10-11,26,29,32-37,40-45,47-51H2,1-9H3,(H2,98,116)(H,100,120)(H,101,117)(H,102,125)(H,103,122)(H,104,123)(H,105,127)(H,106,126)(H,107,121)(H,108,124)(H,118,119)/t60-,65+,66+,67+,68+,69+,70+,71+,72+,73+,74+,75-,76-,81+/m1/s1. The lowest BCUT2D eigenvalue weighted by molar-refractivity contribution is -0.152. The summed E-state index contributed by atoms with van der Waals surface area (Å²) in [7, 11) is 5.03. The van der Waals surface area contributed by atoms with E-state index in [1.807, 2.05) is 0 Å². The van der Waals surface area contributed by atoms with Crippen molar-refractivity contribution in [3.05, 3.63) is 173 Å². The number of amides is 15. The number of likely N-dealkylation sites (N-methyl/N-ethyl adjacent to an activating group) is 3. The Bertz CT molecular complexity index is 5170. The lowest BCUT2D eigenvalue weighted by Crippen LogP contribution is -2.64. The maximum atomic E-state index is 15.7. The van der Waals surface area contributed by atoms with Crippen molar-refractivity contribution in [1.29, 1.82) is 0 Å². The smallest absolute Gasteiger partial charge is 0.305 e. The van der Waals surface area contributed by atoms with Crippen LogP contribution >= 0.6 is 11.8 Å². The number of fused-ring (bicyclic) bond motifs is 3. The molecule has 730 valence electrons. The number of aromatic amines is 1. The first-order valence-electron chi connectivity index (χ1n) is 44.7. The van der Waals surface area contributed by atoms with E-state index in [1.165, 1.54) is 66.4 Å². The summed E-state index contributed by atoms with van der Waals surface area (Å²) < 4.78 is 56.5. The lowest BCUT2D eigenvalue weighted by Gasteiger charge is -2.38. The van der Waals surface area contributed by atoms with Gasteiger partial charge in [-0.1, -0.05) is 138 Å². The number of ether oxygens (including phenoxy) is 2. The number of thioether (sulfide) groups is 1. The van der Waals surface area contributed by atoms with E-state index in [0.29, 0.717) is 63.5 Å². The van der Waals surface area contributed by atoms with Gasteiger partial charge in [0.05, 0.1) is 38.0 Å². The van der Waals surface area contributed by atoms with Gasteiger partial charge in [0.15, 0.2) is 17.5 Å². The fraction of sp³-hybridized carbons (Fsp3) is 0.489. The number of aliphatic hydroxyl groups excluding tert-OH is 1. The summed E-state index contributed by atoms with van der Waals surface area (Å²) in [5, 5.41) is 56.3. The van der Waals surface area contributed by atoms with Crippen molar-refractivity contribution in [3.63, 3.8) is 0 Å². The van der Waals surface area contributed by atoms with Crippen LogP contribution in [-0.2, 0) is 118 Å². The summed E-state index contributed by atoms with van der Waals surface area (Å²) in [6.45, 7) is 5.85. The Labute approximate surface area is 783 Å². The van der Waals surface area contributed by atoms with E-state index in [2.05, 4.69) is 52.8 Å². The van der Waals surface area contributed by atoms with Crippen LogP contribution < -0.4 is 53.6 Å². The first kappa shape index (κ1) is 106. The normalized spacial score (nSPS) is 24.1. The van der Waals surface area contributed by atoms with E-state index in [4.69, 9.17) is 15.2 Å². The van der Waals surface area contributed by atoms with Gasteiger partial charge in [-0.3, -0.25) is 76.7 Å². The number of aliphatic hydroxyl groups is 1. The number of hydrogen-bond acceptors (Lipinski definition) is 21. The second kappa shape index (κ2) is 50.3. The third kappa shape index (κ3) is 29.7. The molecule has 41 heteroatoms. The number of para-hydroxylation sites is 1. The summed E-state index contributed by atoms with van der Waals surface area (Å²) in [6.07, 6.45) is -3.19. The minimum atomic E-state index is -2.03. The number of morpholine rings is 1. The van der Waals surface area contributed by atoms with Crippen LogP contribution in [0.2, 0.25) is 0 Å². The third-order valence-electron chi connectivity index (χ3n) is 23.8. The Morgan fingerprint density at radius 1 is 0.578 bits per heavy atom. The maximum absolute atomic E-state index is 15.7. The van der Waals surface area contributed by atoms with Crippen LogP contribution in [0.4, 0.5) is 13.2 Å². The zero-order valence-corrected chi connectivity index (χ0v) is 77.6. The van der Waals surface area contributed by atoms with Gasteiger partial charge in [0.1, 0.15) is 84.3 Å². The highest BCUT2D eigenvalue weighted by Crippen LogP contribution is 2.28. The first-order chi connectivity index (χ1) is 64.2. The number of nitrogens with two attached hydrogens (primary N) is 1. The topological polar surface area (TPSA) is 519 Å². The summed E-state index contributed by atoms with van der Waals surface area (Å²) >= 11 is 0.665. The molecule has 14 atom stereocenters. The van der Waals surface area contributed by atoms with Crippen molar-refractivity contribution in [2.24, 2.45) is 17.6 Å². The summed E-state index contributed by atoms with van der Waals surface area (Å²) in [5.74, 6) is -24.7. The van der Waals surface area contributed by atoms with Gasteiger partial charge in [-0.15, -0.1) is 11.8 Å². The molecule has 0 unspecified atom stereocenters. The minimum absolute atomic E-state index is 0.0549. The zero-order valence-electron chi connectivity index (χ0n) is 76.8. The molecule has 6 aromatic rings. The van der Waals surface area contributed by atoms with Crippen molar-refractivity contribution in [2.45, 2.75) is 203 Å². The molecule has 3 aliphatic heterocycles. The second-order valence-electron chi connectivity index (χ2n) is 34.7. The van der Waals surface area contributed by atoms with Gasteiger partial charge in [-0.25, -0.2) is 13.2 Å². The largest absolute Gasteiger partial charge is 0.508 e. The van der Waals surface area contributed by atoms with Gasteiger partial charge in [0.25, 0.3) is 0 Å². The Morgan fingerprint density at radius 3 is 1.78 bits per heavy atom. The van der Waals surface area contributed by atoms with Gasteiger partial charge in [0, 0.05) is 103 Å². The van der Waals surface area contributed by atoms with E-state index < -0.39 is 259 Å². The van der Waals surface area contributed by atoms with Gasteiger partial charge in [-0.2, -0.15) is 0 Å². The number of halogens is 3. The molecule has 0 bridgehead atoms. The van der Waals surface area contributed by atoms with Crippen LogP contribution in [0.1, 0.15) is 114 Å². The highest BCUT2D eigenvalue weighted by atomic mass is 32.2. The SMILES string of the molecule is CCCC[C@H]1C(=O)N2C[C@H](O)C[C@@H]2C(=O)N[C@@H](CC(=O)O)C(=O)N[C@@H](C(C)C)C(=O)N(C)[C@@H](Cc2ccccc2)C(=O)N[C@@H](CCOC)C(=O)N2CCOC[C@@H]2C(=O)N[C@@H](Cc2c[nH]c3ccccc23)C(=O)N[C@@H](Cc2ccc(O)cc2)C(=O)N[C@@H](CC(C)C)C(=O)N[C@H](C(=O)NCC(N)=O)CSCC(=O)N[C@@H](Cc2cc(F)c(F)c(F)c2)C(=O)N(C)[C@@H](CCc2ccccc2)C(=O)N1C. The predicted octanol–water partition coefficient (Wildman–Crippen LogP) is 1.49. The molecule has 15 N–H and O–H groups in total. The van der Waals surface area contributed by atoms with Gasteiger partial charge >= 0.3 is 5.97 Å². The molecule has 5 aromatic carbocycles. The molecule has 3 fully saturated rings. The number of H-pyrrole nitrogens is 1. The van der Waals surface area contributed by atoms with Crippen LogP contribution in [0.15, 0.2) is 128 Å². The number of hydrogen-bond donors (Lipinski definition) is 14. The lowest BCUT2D eigenvalue weighted by atomic mass is 9.98. The van der Waals surface area contributed by atoms with Crippen molar-refractivity contribution in [2.75, 3.05) is 79.2 Å². The molecule has 1 aromatic heterocycles.